The first-order valence-corrected chi connectivity index (χ1v) is 17.2. The molecule has 2 aliphatic rings. The van der Waals surface area contributed by atoms with E-state index in [-0.39, 0.29) is 17.2 Å². The van der Waals surface area contributed by atoms with Crippen LogP contribution in [0, 0.1) is 0 Å². The summed E-state index contributed by atoms with van der Waals surface area (Å²) >= 11 is 11.2. The number of hydrogen-bond acceptors (Lipinski definition) is 4. The van der Waals surface area contributed by atoms with Crippen molar-refractivity contribution in [1.29, 1.82) is 0 Å². The maximum atomic E-state index is 13.0. The molecule has 16 heteroatoms. The zero-order valence-corrected chi connectivity index (χ0v) is 29.9. The van der Waals surface area contributed by atoms with Gasteiger partial charge in [0.25, 0.3) is 0 Å². The van der Waals surface area contributed by atoms with E-state index < -0.39 is 45.6 Å². The third kappa shape index (κ3) is 10.3. The second-order valence-corrected chi connectivity index (χ2v) is 12.9. The molecule has 0 fully saturated rings. The molecular weight excluding hydrogens is 761 g/mol. The largest absolute Gasteiger partial charge is 0.498 e. The van der Waals surface area contributed by atoms with Gasteiger partial charge in [-0.25, -0.2) is 9.59 Å². The monoisotopic (exact) mass is 792 g/mol. The highest BCUT2D eigenvalue weighted by molar-refractivity contribution is 6.32. The molecule has 0 unspecified atom stereocenters. The van der Waals surface area contributed by atoms with Crippen LogP contribution in [-0.4, -0.2) is 24.5 Å². The number of benzene rings is 4. The molecule has 0 bridgehead atoms. The molecule has 284 valence electrons. The topological polar surface area (TPSA) is 109 Å². The molecule has 6 rings (SSSR count). The standard InChI is InChI=1S/C20H18ClF3N2O2.C18H14ClF3N2O2/c1-2-28-14-7-8-15-12(10-14)4-3-5-18(15)26-19(27)25-13-6-9-17(21)16(11-13)20(22,23)24;19-15-7-4-11(9-14(15)18(20,21)22)23-17(26)24-16-3-1-2-10-8-12(25)5-6-13(10)16/h3-7,9,11H,2,8,10H2,1H3,(H2,25,26,27);1-4,7,9H,5-6,8H2,(H2,23,24,26). The third-order valence-electron chi connectivity index (χ3n) is 8.37. The number of nitrogens with one attached hydrogen (secondary N) is 4. The van der Waals surface area contributed by atoms with E-state index in [0.29, 0.717) is 50.1 Å². The van der Waals surface area contributed by atoms with E-state index >= 15 is 0 Å². The number of halogens is 8. The maximum Gasteiger partial charge on any atom is 0.417 e. The summed E-state index contributed by atoms with van der Waals surface area (Å²) in [5.41, 5.74) is 2.80. The van der Waals surface area contributed by atoms with Crippen LogP contribution in [-0.2, 0) is 47.6 Å². The molecule has 0 spiro atoms. The number of hydrogen-bond donors (Lipinski definition) is 4. The van der Waals surface area contributed by atoms with Gasteiger partial charge >= 0.3 is 24.4 Å². The van der Waals surface area contributed by atoms with Gasteiger partial charge in [-0.2, -0.15) is 26.3 Å². The van der Waals surface area contributed by atoms with Crippen molar-refractivity contribution >= 4 is 63.8 Å². The van der Waals surface area contributed by atoms with Crippen molar-refractivity contribution in [2.24, 2.45) is 0 Å². The Labute approximate surface area is 315 Å². The number of anilines is 4. The SMILES string of the molecule is CCOC1=CCc2c(cccc2NC(=O)Nc2ccc(Cl)c(C(F)(F)F)c2)C1.O=C1CCc2c(cccc2NC(=O)Nc2ccc(Cl)c(C(F)(F)F)c2)C1. The summed E-state index contributed by atoms with van der Waals surface area (Å²) in [5.74, 6) is 1.03. The average Bonchev–Trinajstić information content (AvgIpc) is 3.09. The summed E-state index contributed by atoms with van der Waals surface area (Å²) in [6.45, 7) is 2.50. The van der Waals surface area contributed by atoms with Crippen molar-refractivity contribution < 1.29 is 45.5 Å². The van der Waals surface area contributed by atoms with E-state index in [0.717, 1.165) is 52.3 Å². The maximum absolute atomic E-state index is 13.0. The summed E-state index contributed by atoms with van der Waals surface area (Å²) < 4.78 is 83.1. The lowest BCUT2D eigenvalue weighted by Crippen LogP contribution is -2.22. The van der Waals surface area contributed by atoms with E-state index in [1.165, 1.54) is 12.1 Å². The number of rotatable bonds is 6. The highest BCUT2D eigenvalue weighted by Gasteiger charge is 2.34. The first-order chi connectivity index (χ1) is 25.5. The lowest BCUT2D eigenvalue weighted by atomic mass is 9.89. The highest BCUT2D eigenvalue weighted by Crippen LogP contribution is 2.38. The number of amides is 4. The molecule has 2 aliphatic carbocycles. The number of ketones is 1. The van der Waals surface area contributed by atoms with Crippen LogP contribution in [0.3, 0.4) is 0 Å². The van der Waals surface area contributed by atoms with Crippen LogP contribution in [0.25, 0.3) is 0 Å². The lowest BCUT2D eigenvalue weighted by Gasteiger charge is -2.20. The molecule has 0 atom stereocenters. The Hall–Kier alpha value is -5.21. The van der Waals surface area contributed by atoms with Gasteiger partial charge in [-0.1, -0.05) is 47.5 Å². The molecule has 8 nitrogen and oxygen atoms in total. The van der Waals surface area contributed by atoms with Gasteiger partial charge in [0.1, 0.15) is 5.78 Å². The van der Waals surface area contributed by atoms with Crippen molar-refractivity contribution in [3.63, 3.8) is 0 Å². The van der Waals surface area contributed by atoms with E-state index in [1.807, 2.05) is 31.2 Å². The summed E-state index contributed by atoms with van der Waals surface area (Å²) in [7, 11) is 0. The number of allylic oxidation sites excluding steroid dienone is 2. The number of carbonyl (C=O) groups is 3. The number of ether oxygens (including phenoxy) is 1. The minimum absolute atomic E-state index is 0.00227. The summed E-state index contributed by atoms with van der Waals surface area (Å²) in [6, 6.07) is 15.8. The number of carbonyl (C=O) groups excluding carboxylic acids is 3. The minimum Gasteiger partial charge on any atom is -0.498 e. The first-order valence-electron chi connectivity index (χ1n) is 16.5. The van der Waals surface area contributed by atoms with E-state index in [2.05, 4.69) is 21.3 Å². The van der Waals surface area contributed by atoms with Gasteiger partial charge in [0.15, 0.2) is 0 Å². The molecule has 4 aromatic carbocycles. The van der Waals surface area contributed by atoms with Crippen LogP contribution in [0.1, 0.15) is 46.7 Å². The Morgan fingerprint density at radius 2 is 1.19 bits per heavy atom. The van der Waals surface area contributed by atoms with Crippen LogP contribution >= 0.6 is 23.2 Å². The van der Waals surface area contributed by atoms with Gasteiger partial charge in [-0.3, -0.25) is 4.79 Å². The van der Waals surface area contributed by atoms with E-state index in [9.17, 15) is 40.7 Å². The Morgan fingerprint density at radius 1 is 0.685 bits per heavy atom. The second-order valence-electron chi connectivity index (χ2n) is 12.1. The van der Waals surface area contributed by atoms with Gasteiger partial charge in [0.2, 0.25) is 0 Å². The number of fused-ring (bicyclic) bond motifs is 2. The van der Waals surface area contributed by atoms with Crippen molar-refractivity contribution in [1.82, 2.24) is 0 Å². The molecule has 4 aromatic rings. The molecule has 0 saturated carbocycles. The fourth-order valence-corrected chi connectivity index (χ4v) is 6.37. The summed E-state index contributed by atoms with van der Waals surface area (Å²) in [4.78, 5) is 36.0. The smallest absolute Gasteiger partial charge is 0.417 e. The normalized spacial score (nSPS) is 13.6. The molecule has 0 heterocycles. The van der Waals surface area contributed by atoms with E-state index in [1.54, 1.807) is 18.2 Å². The van der Waals surface area contributed by atoms with Gasteiger partial charge in [0.05, 0.1) is 33.5 Å². The van der Waals surface area contributed by atoms with Crippen LogP contribution in [0.2, 0.25) is 10.0 Å². The minimum atomic E-state index is -4.61. The fraction of sp³-hybridized carbons (Fsp3) is 0.237. The van der Waals surface area contributed by atoms with Gasteiger partial charge in [0, 0.05) is 42.0 Å². The van der Waals surface area contributed by atoms with Crippen molar-refractivity contribution in [3.05, 3.63) is 128 Å². The predicted molar refractivity (Wildman–Crippen MR) is 195 cm³/mol. The molecule has 0 radical (unpaired) electrons. The van der Waals surface area contributed by atoms with Crippen LogP contribution in [0.4, 0.5) is 58.7 Å². The molecule has 4 N–H and O–H groups in total. The highest BCUT2D eigenvalue weighted by atomic mass is 35.5. The van der Waals surface area contributed by atoms with Crippen LogP contribution in [0.5, 0.6) is 0 Å². The summed E-state index contributed by atoms with van der Waals surface area (Å²) in [6.07, 6.45) is -4.79. The van der Waals surface area contributed by atoms with Gasteiger partial charge in [-0.15, -0.1) is 0 Å². The zero-order chi connectivity index (χ0) is 39.2. The molecule has 54 heavy (non-hydrogen) atoms. The first kappa shape index (κ1) is 40.0. The molecule has 0 aliphatic heterocycles. The van der Waals surface area contributed by atoms with Gasteiger partial charge in [-0.05, 0) is 96.6 Å². The number of alkyl halides is 6. The molecular formula is C38H32Cl2F6N4O4. The van der Waals surface area contributed by atoms with E-state index in [4.69, 9.17) is 27.9 Å². The Balaban J connectivity index is 0.000000208. The van der Waals surface area contributed by atoms with Crippen molar-refractivity contribution in [2.45, 2.75) is 51.4 Å². The summed E-state index contributed by atoms with van der Waals surface area (Å²) in [5, 5.41) is 9.26. The lowest BCUT2D eigenvalue weighted by molar-refractivity contribution is -0.138. The Morgan fingerprint density at radius 3 is 1.69 bits per heavy atom. The van der Waals surface area contributed by atoms with Crippen molar-refractivity contribution in [2.75, 3.05) is 27.9 Å². The number of Topliss-reactive ketones (excluding diaryl/α,β-unsaturated/α-hetero) is 1. The second kappa shape index (κ2) is 16.9. The quantitative estimate of drug-likeness (QED) is 0.146. The Bertz CT molecular complexity index is 2100. The molecule has 4 amide bonds. The molecule has 0 saturated heterocycles. The van der Waals surface area contributed by atoms with Crippen molar-refractivity contribution in [3.8, 4) is 0 Å². The third-order valence-corrected chi connectivity index (χ3v) is 9.03. The van der Waals surface area contributed by atoms with Crippen LogP contribution in [0.15, 0.2) is 84.6 Å². The Kier molecular flexibility index (Phi) is 12.5. The molecule has 0 aromatic heterocycles. The van der Waals surface area contributed by atoms with Gasteiger partial charge < -0.3 is 26.0 Å². The number of urea groups is 2. The van der Waals surface area contributed by atoms with Crippen LogP contribution < -0.4 is 21.3 Å². The fourth-order valence-electron chi connectivity index (χ4n) is 5.92. The zero-order valence-electron chi connectivity index (χ0n) is 28.4. The average molecular weight is 794 g/mol. The predicted octanol–water partition coefficient (Wildman–Crippen LogP) is 11.1.